The Morgan fingerprint density at radius 2 is 1.71 bits per heavy atom. The van der Waals surface area contributed by atoms with Crippen molar-refractivity contribution in [2.45, 2.75) is 19.6 Å². The molecule has 8 nitrogen and oxygen atoms in total. The summed E-state index contributed by atoms with van der Waals surface area (Å²) < 4.78 is 12.2. The van der Waals surface area contributed by atoms with Gasteiger partial charge in [0.15, 0.2) is 5.69 Å². The second-order valence-electron chi connectivity index (χ2n) is 7.25. The van der Waals surface area contributed by atoms with Crippen molar-refractivity contribution in [3.8, 4) is 11.5 Å². The minimum Gasteiger partial charge on any atom is -0.497 e. The molecule has 1 N–H and O–H groups in total. The van der Waals surface area contributed by atoms with E-state index >= 15 is 0 Å². The number of fused-ring (bicyclic) bond motifs is 1. The van der Waals surface area contributed by atoms with Gasteiger partial charge < -0.3 is 19.7 Å². The van der Waals surface area contributed by atoms with Crippen LogP contribution in [-0.2, 0) is 19.6 Å². The van der Waals surface area contributed by atoms with Crippen molar-refractivity contribution >= 4 is 11.8 Å². The summed E-state index contributed by atoms with van der Waals surface area (Å²) in [6.45, 7) is 1.83. The van der Waals surface area contributed by atoms with Gasteiger partial charge in [0.1, 0.15) is 17.2 Å². The zero-order chi connectivity index (χ0) is 21.8. The van der Waals surface area contributed by atoms with Crippen molar-refractivity contribution in [1.82, 2.24) is 20.0 Å². The van der Waals surface area contributed by atoms with Crippen molar-refractivity contribution in [2.75, 3.05) is 20.8 Å². The zero-order valence-corrected chi connectivity index (χ0v) is 17.5. The SMILES string of the molecule is COc1cc(CN2CCn3nc(C(=O)NCc4ccccc4)cc3C2=O)cc(OC)c1. The average Bonchev–Trinajstić information content (AvgIpc) is 3.25. The number of amides is 2. The molecule has 1 aliphatic rings. The van der Waals surface area contributed by atoms with E-state index < -0.39 is 0 Å². The van der Waals surface area contributed by atoms with Gasteiger partial charge in [-0.15, -0.1) is 0 Å². The van der Waals surface area contributed by atoms with Crippen LogP contribution >= 0.6 is 0 Å². The number of methoxy groups -OCH3 is 2. The van der Waals surface area contributed by atoms with Crippen LogP contribution in [0.5, 0.6) is 11.5 Å². The third kappa shape index (κ3) is 4.53. The van der Waals surface area contributed by atoms with Crippen molar-refractivity contribution < 1.29 is 19.1 Å². The molecule has 0 saturated carbocycles. The maximum Gasteiger partial charge on any atom is 0.272 e. The van der Waals surface area contributed by atoms with Crippen LogP contribution in [0, 0.1) is 0 Å². The molecule has 8 heteroatoms. The molecule has 0 fully saturated rings. The molecule has 2 amide bonds. The smallest absolute Gasteiger partial charge is 0.272 e. The average molecular weight is 420 g/mol. The van der Waals surface area contributed by atoms with Crippen LogP contribution in [0.2, 0.25) is 0 Å². The van der Waals surface area contributed by atoms with Crippen molar-refractivity contribution in [1.29, 1.82) is 0 Å². The molecule has 0 saturated heterocycles. The Labute approximate surface area is 180 Å². The van der Waals surface area contributed by atoms with Gasteiger partial charge in [-0.25, -0.2) is 0 Å². The summed E-state index contributed by atoms with van der Waals surface area (Å²) in [4.78, 5) is 27.3. The van der Waals surface area contributed by atoms with Crippen molar-refractivity contribution in [2.24, 2.45) is 0 Å². The molecule has 4 rings (SSSR count). The van der Waals surface area contributed by atoms with Crippen LogP contribution in [0.15, 0.2) is 54.6 Å². The van der Waals surface area contributed by atoms with E-state index in [1.165, 1.54) is 0 Å². The van der Waals surface area contributed by atoms with Gasteiger partial charge in [0, 0.05) is 31.8 Å². The molecule has 0 atom stereocenters. The first kappa shape index (κ1) is 20.5. The number of rotatable bonds is 7. The molecule has 160 valence electrons. The molecule has 0 unspecified atom stereocenters. The highest BCUT2D eigenvalue weighted by Gasteiger charge is 2.28. The summed E-state index contributed by atoms with van der Waals surface area (Å²) in [6, 6.07) is 16.7. The fourth-order valence-electron chi connectivity index (χ4n) is 3.55. The Bertz CT molecular complexity index is 1070. The Kier molecular flexibility index (Phi) is 5.88. The molecule has 0 bridgehead atoms. The van der Waals surface area contributed by atoms with Gasteiger partial charge in [0.05, 0.1) is 20.8 Å². The Morgan fingerprint density at radius 1 is 1.00 bits per heavy atom. The number of nitrogens with one attached hydrogen (secondary N) is 1. The van der Waals surface area contributed by atoms with Crippen molar-refractivity contribution in [3.05, 3.63) is 77.1 Å². The van der Waals surface area contributed by atoms with E-state index in [-0.39, 0.29) is 17.5 Å². The summed E-state index contributed by atoms with van der Waals surface area (Å²) in [5.74, 6) is 0.868. The summed E-state index contributed by atoms with van der Waals surface area (Å²) in [5.41, 5.74) is 2.55. The van der Waals surface area contributed by atoms with Crippen LogP contribution in [0.1, 0.15) is 32.1 Å². The standard InChI is InChI=1S/C23H24N4O4/c1-30-18-10-17(11-19(12-18)31-2)15-26-8-9-27-21(23(26)29)13-20(25-27)22(28)24-14-16-6-4-3-5-7-16/h3-7,10-13H,8-9,14-15H2,1-2H3,(H,24,28). The van der Waals surface area contributed by atoms with E-state index in [0.717, 1.165) is 11.1 Å². The van der Waals surface area contributed by atoms with Gasteiger partial charge in [-0.1, -0.05) is 30.3 Å². The van der Waals surface area contributed by atoms with Crippen LogP contribution < -0.4 is 14.8 Å². The van der Waals surface area contributed by atoms with E-state index in [4.69, 9.17) is 9.47 Å². The molecular formula is C23H24N4O4. The lowest BCUT2D eigenvalue weighted by molar-refractivity contribution is 0.0682. The molecule has 1 aromatic heterocycles. The zero-order valence-electron chi connectivity index (χ0n) is 17.5. The van der Waals surface area contributed by atoms with Gasteiger partial charge in [-0.3, -0.25) is 14.3 Å². The van der Waals surface area contributed by atoms with E-state index in [1.54, 1.807) is 35.9 Å². The van der Waals surface area contributed by atoms with Gasteiger partial charge >= 0.3 is 0 Å². The van der Waals surface area contributed by atoms with Crippen LogP contribution in [0.3, 0.4) is 0 Å². The minimum atomic E-state index is -0.303. The lowest BCUT2D eigenvalue weighted by Crippen LogP contribution is -2.39. The number of carbonyl (C=O) groups excluding carboxylic acids is 2. The van der Waals surface area contributed by atoms with Crippen molar-refractivity contribution in [3.63, 3.8) is 0 Å². The van der Waals surface area contributed by atoms with E-state index in [9.17, 15) is 9.59 Å². The van der Waals surface area contributed by atoms with Gasteiger partial charge in [-0.05, 0) is 23.3 Å². The second-order valence-corrected chi connectivity index (χ2v) is 7.25. The third-order valence-corrected chi connectivity index (χ3v) is 5.18. The lowest BCUT2D eigenvalue weighted by Gasteiger charge is -2.27. The highest BCUT2D eigenvalue weighted by molar-refractivity contribution is 5.98. The number of hydrogen-bond donors (Lipinski definition) is 1. The predicted molar refractivity (Wildman–Crippen MR) is 114 cm³/mol. The van der Waals surface area contributed by atoms with E-state index in [2.05, 4.69) is 10.4 Å². The molecule has 0 radical (unpaired) electrons. The van der Waals surface area contributed by atoms with E-state index in [0.29, 0.717) is 43.4 Å². The van der Waals surface area contributed by atoms with Crippen LogP contribution in [0.25, 0.3) is 0 Å². The highest BCUT2D eigenvalue weighted by Crippen LogP contribution is 2.25. The maximum absolute atomic E-state index is 13.0. The topological polar surface area (TPSA) is 85.7 Å². The van der Waals surface area contributed by atoms with Gasteiger partial charge in [-0.2, -0.15) is 5.10 Å². The molecule has 3 aromatic rings. The van der Waals surface area contributed by atoms with E-state index in [1.807, 2.05) is 42.5 Å². The molecule has 1 aliphatic heterocycles. The normalized spacial score (nSPS) is 13.0. The summed E-state index contributed by atoms with van der Waals surface area (Å²) in [5, 5.41) is 7.17. The summed E-state index contributed by atoms with van der Waals surface area (Å²) in [7, 11) is 3.18. The number of ether oxygens (including phenoxy) is 2. The Morgan fingerprint density at radius 3 is 2.39 bits per heavy atom. The third-order valence-electron chi connectivity index (χ3n) is 5.18. The highest BCUT2D eigenvalue weighted by atomic mass is 16.5. The van der Waals surface area contributed by atoms with Gasteiger partial charge in [0.2, 0.25) is 0 Å². The molecular weight excluding hydrogens is 396 g/mol. The minimum absolute atomic E-state index is 0.164. The number of nitrogens with zero attached hydrogens (tertiary/aromatic N) is 3. The lowest BCUT2D eigenvalue weighted by atomic mass is 10.1. The Balaban J connectivity index is 1.46. The first-order chi connectivity index (χ1) is 15.1. The summed E-state index contributed by atoms with van der Waals surface area (Å²) in [6.07, 6.45) is 0. The first-order valence-electron chi connectivity index (χ1n) is 9.98. The summed E-state index contributed by atoms with van der Waals surface area (Å²) >= 11 is 0. The molecule has 2 heterocycles. The Hall–Kier alpha value is -3.81. The number of benzene rings is 2. The molecule has 2 aromatic carbocycles. The molecule has 0 aliphatic carbocycles. The van der Waals surface area contributed by atoms with Gasteiger partial charge in [0.25, 0.3) is 11.8 Å². The first-order valence-corrected chi connectivity index (χ1v) is 9.98. The fraction of sp³-hybridized carbons (Fsp3) is 0.261. The largest absolute Gasteiger partial charge is 0.497 e. The number of carbonyl (C=O) groups is 2. The fourth-order valence-corrected chi connectivity index (χ4v) is 3.55. The van der Waals surface area contributed by atoms with Crippen LogP contribution in [-0.4, -0.2) is 47.3 Å². The van der Waals surface area contributed by atoms with Crippen LogP contribution in [0.4, 0.5) is 0 Å². The quantitative estimate of drug-likeness (QED) is 0.635. The monoisotopic (exact) mass is 420 g/mol. The molecule has 31 heavy (non-hydrogen) atoms. The maximum atomic E-state index is 13.0. The number of aromatic nitrogens is 2. The second kappa shape index (κ2) is 8.91. The molecule has 0 spiro atoms. The number of hydrogen-bond acceptors (Lipinski definition) is 5. The predicted octanol–water partition coefficient (Wildman–Crippen LogP) is 2.49.